The van der Waals surface area contributed by atoms with E-state index in [0.29, 0.717) is 5.56 Å². The van der Waals surface area contributed by atoms with Gasteiger partial charge in [0, 0.05) is 30.7 Å². The molecule has 0 atom stereocenters. The number of nitrogens with zero attached hydrogens (tertiary/aromatic N) is 1. The van der Waals surface area contributed by atoms with E-state index in [9.17, 15) is 18.4 Å². The van der Waals surface area contributed by atoms with Crippen LogP contribution in [0.3, 0.4) is 0 Å². The summed E-state index contributed by atoms with van der Waals surface area (Å²) in [6, 6.07) is 2.63. The molecule has 0 unspecified atom stereocenters. The summed E-state index contributed by atoms with van der Waals surface area (Å²) >= 11 is 0. The number of carbonyl (C=O) groups excluding carboxylic acids is 1. The molecule has 0 saturated heterocycles. The van der Waals surface area contributed by atoms with Gasteiger partial charge in [0.15, 0.2) is 6.20 Å². The molecule has 1 radical (unpaired) electrons. The number of carbonyl (C=O) groups is 1. The first kappa shape index (κ1) is 12.4. The average molecular weight is 243 g/mol. The molecule has 2 N–H and O–H groups in total. The van der Waals surface area contributed by atoms with Crippen LogP contribution >= 0.6 is 0 Å². The van der Waals surface area contributed by atoms with Crippen LogP contribution in [0.4, 0.5) is 0 Å². The number of nitrogens with two attached hydrogens (primary N) is 1. The van der Waals surface area contributed by atoms with Crippen LogP contribution in [-0.4, -0.2) is 20.6 Å². The molecule has 0 bridgehead atoms. The van der Waals surface area contributed by atoms with Gasteiger partial charge >= 0.3 is 5.03 Å². The van der Waals surface area contributed by atoms with E-state index in [2.05, 4.69) is 0 Å². The Morgan fingerprint density at radius 1 is 1.56 bits per heavy atom. The highest BCUT2D eigenvalue weighted by molar-refractivity contribution is 7.90. The second-order valence-corrected chi connectivity index (χ2v) is 5.24. The molecule has 1 aromatic heterocycles. The molecular formula is C9H11N2O4S. The van der Waals surface area contributed by atoms with Crippen molar-refractivity contribution in [3.8, 4) is 0 Å². The lowest BCUT2D eigenvalue weighted by molar-refractivity contribution is -0.646. The number of hydrogen-bond acceptors (Lipinski definition) is 4. The maximum atomic E-state index is 11.3. The molecule has 1 rings (SSSR count). The largest absolute Gasteiger partial charge is 0.618 e. The van der Waals surface area contributed by atoms with Crippen molar-refractivity contribution < 1.29 is 17.9 Å². The molecule has 1 aromatic rings. The molecule has 6 nitrogen and oxygen atoms in total. The van der Waals surface area contributed by atoms with E-state index in [1.54, 1.807) is 0 Å². The predicted molar refractivity (Wildman–Crippen MR) is 55.7 cm³/mol. The van der Waals surface area contributed by atoms with Gasteiger partial charge in [0.2, 0.25) is 15.7 Å². The van der Waals surface area contributed by atoms with Crippen LogP contribution in [0.5, 0.6) is 0 Å². The molecule has 87 valence electrons. The number of primary amides is 1. The molecule has 0 saturated carbocycles. The van der Waals surface area contributed by atoms with E-state index in [0.717, 1.165) is 12.5 Å². The second-order valence-electron chi connectivity index (χ2n) is 3.27. The number of hydrogen-bond donors (Lipinski definition) is 1. The SMILES string of the molecule is CS(=O)(=O)c1ccc([CH]CC(N)=O)c[n+]1[O-]. The normalized spacial score (nSPS) is 11.3. The zero-order valence-electron chi connectivity index (χ0n) is 8.58. The Kier molecular flexibility index (Phi) is 3.48. The molecule has 0 aliphatic carbocycles. The molecular weight excluding hydrogens is 232 g/mol. The summed E-state index contributed by atoms with van der Waals surface area (Å²) in [5.74, 6) is -0.523. The van der Waals surface area contributed by atoms with E-state index in [1.165, 1.54) is 18.6 Å². The summed E-state index contributed by atoms with van der Waals surface area (Å²) in [5, 5.41) is 11.0. The van der Waals surface area contributed by atoms with Crippen molar-refractivity contribution in [2.24, 2.45) is 5.73 Å². The Balaban J connectivity index is 2.96. The van der Waals surface area contributed by atoms with Crippen LogP contribution in [0.15, 0.2) is 23.4 Å². The Morgan fingerprint density at radius 3 is 2.62 bits per heavy atom. The number of aromatic nitrogens is 1. The van der Waals surface area contributed by atoms with Crippen LogP contribution in [0, 0.1) is 11.6 Å². The van der Waals surface area contributed by atoms with E-state index >= 15 is 0 Å². The quantitative estimate of drug-likeness (QED) is 0.549. The lowest BCUT2D eigenvalue weighted by Crippen LogP contribution is -2.33. The van der Waals surface area contributed by atoms with Gasteiger partial charge in [-0.25, -0.2) is 8.42 Å². The van der Waals surface area contributed by atoms with Gasteiger partial charge in [-0.05, 0) is 6.07 Å². The summed E-state index contributed by atoms with van der Waals surface area (Å²) < 4.78 is 22.5. The van der Waals surface area contributed by atoms with E-state index in [4.69, 9.17) is 5.73 Å². The first-order valence-electron chi connectivity index (χ1n) is 4.35. The fourth-order valence-electron chi connectivity index (χ4n) is 1.11. The lowest BCUT2D eigenvalue weighted by Gasteiger charge is -2.04. The number of sulfone groups is 1. The summed E-state index contributed by atoms with van der Waals surface area (Å²) in [6.45, 7) is 0. The van der Waals surface area contributed by atoms with E-state index in [-0.39, 0.29) is 16.2 Å². The van der Waals surface area contributed by atoms with Gasteiger partial charge in [-0.1, -0.05) is 0 Å². The summed E-state index contributed by atoms with van der Waals surface area (Å²) in [4.78, 5) is 10.5. The Morgan fingerprint density at radius 2 is 2.19 bits per heavy atom. The van der Waals surface area contributed by atoms with Gasteiger partial charge in [0.1, 0.15) is 0 Å². The van der Waals surface area contributed by atoms with Gasteiger partial charge < -0.3 is 10.9 Å². The van der Waals surface area contributed by atoms with Crippen LogP contribution in [0.2, 0.25) is 0 Å². The van der Waals surface area contributed by atoms with Crippen LogP contribution < -0.4 is 10.5 Å². The Hall–Kier alpha value is -1.63. The van der Waals surface area contributed by atoms with Crippen molar-refractivity contribution in [2.75, 3.05) is 6.26 Å². The van der Waals surface area contributed by atoms with Crippen LogP contribution in [-0.2, 0) is 14.6 Å². The van der Waals surface area contributed by atoms with Crippen LogP contribution in [0.25, 0.3) is 0 Å². The number of rotatable bonds is 4. The predicted octanol–water partition coefficient (Wildman–Crippen LogP) is -0.849. The zero-order valence-corrected chi connectivity index (χ0v) is 9.40. The Bertz CT molecular complexity index is 510. The molecule has 16 heavy (non-hydrogen) atoms. The average Bonchev–Trinajstić information content (AvgIpc) is 2.12. The van der Waals surface area contributed by atoms with Crippen molar-refractivity contribution >= 4 is 15.7 Å². The Labute approximate surface area is 93.2 Å². The van der Waals surface area contributed by atoms with Gasteiger partial charge in [-0.3, -0.25) is 4.79 Å². The molecule has 1 heterocycles. The highest BCUT2D eigenvalue weighted by atomic mass is 32.2. The summed E-state index contributed by atoms with van der Waals surface area (Å²) in [5.41, 5.74) is 5.37. The second kappa shape index (κ2) is 4.48. The maximum Gasteiger partial charge on any atom is 0.308 e. The van der Waals surface area contributed by atoms with Gasteiger partial charge in [-0.2, -0.15) is 4.73 Å². The molecule has 7 heteroatoms. The number of pyridine rings is 1. The lowest BCUT2D eigenvalue weighted by atomic mass is 10.1. The smallest absolute Gasteiger partial charge is 0.308 e. The first-order valence-corrected chi connectivity index (χ1v) is 6.24. The monoisotopic (exact) mass is 243 g/mol. The van der Waals surface area contributed by atoms with Crippen molar-refractivity contribution in [3.05, 3.63) is 35.5 Å². The third-order valence-electron chi connectivity index (χ3n) is 1.82. The van der Waals surface area contributed by atoms with E-state index < -0.39 is 15.7 Å². The van der Waals surface area contributed by atoms with Crippen molar-refractivity contribution in [3.63, 3.8) is 0 Å². The molecule has 0 spiro atoms. The topological polar surface area (TPSA) is 104 Å². The highest BCUT2D eigenvalue weighted by Crippen LogP contribution is 2.07. The van der Waals surface area contributed by atoms with Gasteiger partial charge in [0.25, 0.3) is 0 Å². The standard InChI is InChI=1S/C9H11N2O4S/c1-16(14,15)9-5-3-7(6-11(9)13)2-4-8(10)12/h2-3,5-6H,4H2,1H3,(H2,10,12). The van der Waals surface area contributed by atoms with Gasteiger partial charge in [-0.15, -0.1) is 0 Å². The minimum atomic E-state index is -3.54. The highest BCUT2D eigenvalue weighted by Gasteiger charge is 2.18. The summed E-state index contributed by atoms with van der Waals surface area (Å²) in [7, 11) is -3.54. The fraction of sp³-hybridized carbons (Fsp3) is 0.222. The first-order chi connectivity index (χ1) is 7.30. The van der Waals surface area contributed by atoms with Crippen molar-refractivity contribution in [1.29, 1.82) is 0 Å². The minimum absolute atomic E-state index is 0.00176. The van der Waals surface area contributed by atoms with Crippen molar-refractivity contribution in [1.82, 2.24) is 0 Å². The van der Waals surface area contributed by atoms with Crippen molar-refractivity contribution in [2.45, 2.75) is 11.4 Å². The zero-order chi connectivity index (χ0) is 12.3. The molecule has 0 aliphatic rings. The fourth-order valence-corrected chi connectivity index (χ4v) is 1.80. The van der Waals surface area contributed by atoms with Gasteiger partial charge in [0.05, 0.1) is 0 Å². The molecule has 0 fully saturated rings. The molecule has 0 aliphatic heterocycles. The maximum absolute atomic E-state index is 11.3. The minimum Gasteiger partial charge on any atom is -0.618 e. The van der Waals surface area contributed by atoms with Crippen LogP contribution in [0.1, 0.15) is 12.0 Å². The number of amides is 1. The third kappa shape index (κ3) is 3.20. The summed E-state index contributed by atoms with van der Waals surface area (Å²) in [6.07, 6.45) is 3.48. The molecule has 0 aromatic carbocycles. The molecule has 1 amide bonds. The third-order valence-corrected chi connectivity index (χ3v) is 2.90. The van der Waals surface area contributed by atoms with E-state index in [1.807, 2.05) is 0 Å².